The quantitative estimate of drug-likeness (QED) is 0.559. The standard InChI is InChI=1S/C25H25N3O4S/c1-13-9-10-18-16(11-13)21(14-5-2-3-7-17(14)27-18)25(31)32-12-20(29)28-24-22(23(26)30)15-6-4-8-19(15)33-24/h2-3,5,7,13H,4,6,8-12H2,1H3,(H2,26,30)(H,28,29). The number of nitrogens with two attached hydrogens (primary N) is 1. The number of carbonyl (C=O) groups excluding carboxylic acids is 3. The Bertz CT molecular complexity index is 1300. The Labute approximate surface area is 195 Å². The highest BCUT2D eigenvalue weighted by molar-refractivity contribution is 7.17. The van der Waals surface area contributed by atoms with Crippen LogP contribution >= 0.6 is 11.3 Å². The van der Waals surface area contributed by atoms with Gasteiger partial charge in [0.05, 0.1) is 16.6 Å². The number of nitrogens with zero attached hydrogens (tertiary/aromatic N) is 1. The molecule has 33 heavy (non-hydrogen) atoms. The Morgan fingerprint density at radius 3 is 2.79 bits per heavy atom. The number of fused-ring (bicyclic) bond motifs is 3. The monoisotopic (exact) mass is 463 g/mol. The predicted octanol–water partition coefficient (Wildman–Crippen LogP) is 3.80. The van der Waals surface area contributed by atoms with Crippen molar-refractivity contribution in [3.63, 3.8) is 0 Å². The van der Waals surface area contributed by atoms with Crippen LogP contribution in [0.4, 0.5) is 5.00 Å². The van der Waals surface area contributed by atoms with E-state index in [9.17, 15) is 14.4 Å². The fraction of sp³-hybridized carbons (Fsp3) is 0.360. The lowest BCUT2D eigenvalue weighted by atomic mass is 9.84. The Hall–Kier alpha value is -3.26. The van der Waals surface area contributed by atoms with Crippen molar-refractivity contribution in [3.8, 4) is 0 Å². The smallest absolute Gasteiger partial charge is 0.339 e. The maximum absolute atomic E-state index is 13.2. The molecule has 1 unspecified atom stereocenters. The zero-order chi connectivity index (χ0) is 23.1. The molecule has 2 aliphatic rings. The number of rotatable bonds is 5. The summed E-state index contributed by atoms with van der Waals surface area (Å²) >= 11 is 1.38. The van der Waals surface area contributed by atoms with Gasteiger partial charge in [-0.15, -0.1) is 11.3 Å². The van der Waals surface area contributed by atoms with Crippen molar-refractivity contribution in [2.45, 2.75) is 45.4 Å². The molecule has 3 N–H and O–H groups in total. The molecule has 0 saturated heterocycles. The first-order valence-corrected chi connectivity index (χ1v) is 12.1. The van der Waals surface area contributed by atoms with Crippen molar-refractivity contribution >= 4 is 45.0 Å². The van der Waals surface area contributed by atoms with Gasteiger partial charge in [0, 0.05) is 16.0 Å². The molecule has 3 aromatic rings. The predicted molar refractivity (Wildman–Crippen MR) is 127 cm³/mol. The Balaban J connectivity index is 1.37. The summed E-state index contributed by atoms with van der Waals surface area (Å²) in [6, 6.07) is 7.52. The van der Waals surface area contributed by atoms with Crippen molar-refractivity contribution in [1.82, 2.24) is 4.98 Å². The largest absolute Gasteiger partial charge is 0.452 e. The summed E-state index contributed by atoms with van der Waals surface area (Å²) in [5.74, 6) is -1.13. The molecular weight excluding hydrogens is 438 g/mol. The third-order valence-electron chi connectivity index (χ3n) is 6.46. The van der Waals surface area contributed by atoms with E-state index in [2.05, 4.69) is 12.2 Å². The number of ether oxygens (including phenoxy) is 1. The third kappa shape index (κ3) is 3.99. The second-order valence-corrected chi connectivity index (χ2v) is 9.93. The summed E-state index contributed by atoms with van der Waals surface area (Å²) in [7, 11) is 0. The van der Waals surface area contributed by atoms with E-state index in [-0.39, 0.29) is 0 Å². The van der Waals surface area contributed by atoms with Gasteiger partial charge in [-0.3, -0.25) is 14.6 Å². The number of esters is 1. The minimum absolute atomic E-state index is 0.385. The van der Waals surface area contributed by atoms with Gasteiger partial charge in [0.15, 0.2) is 6.61 Å². The number of benzene rings is 1. The number of nitrogens with one attached hydrogen (secondary N) is 1. The molecule has 7 nitrogen and oxygen atoms in total. The van der Waals surface area contributed by atoms with Crippen LogP contribution < -0.4 is 11.1 Å². The normalized spacial score (nSPS) is 16.8. The maximum atomic E-state index is 13.2. The van der Waals surface area contributed by atoms with Gasteiger partial charge in [0.1, 0.15) is 5.00 Å². The Morgan fingerprint density at radius 1 is 1.15 bits per heavy atom. The highest BCUT2D eigenvalue weighted by Gasteiger charge is 2.28. The van der Waals surface area contributed by atoms with Crippen molar-refractivity contribution < 1.29 is 19.1 Å². The number of pyridine rings is 1. The zero-order valence-electron chi connectivity index (χ0n) is 18.4. The highest BCUT2D eigenvalue weighted by atomic mass is 32.1. The SMILES string of the molecule is CC1CCc2nc3ccccc3c(C(=O)OCC(=O)Nc3sc4c(c3C(N)=O)CCC4)c2C1. The molecule has 5 rings (SSSR count). The molecule has 0 saturated carbocycles. The Kier molecular flexibility index (Phi) is 5.62. The van der Waals surface area contributed by atoms with Crippen molar-refractivity contribution in [2.24, 2.45) is 11.7 Å². The number of thiophene rings is 1. The molecule has 1 atom stereocenters. The third-order valence-corrected chi connectivity index (χ3v) is 7.67. The molecule has 0 radical (unpaired) electrons. The molecule has 2 heterocycles. The van der Waals surface area contributed by atoms with Gasteiger partial charge in [-0.1, -0.05) is 25.1 Å². The van der Waals surface area contributed by atoms with Gasteiger partial charge >= 0.3 is 5.97 Å². The minimum Gasteiger partial charge on any atom is -0.452 e. The first-order valence-electron chi connectivity index (χ1n) is 11.2. The average Bonchev–Trinajstić information content (AvgIpc) is 3.36. The van der Waals surface area contributed by atoms with Gasteiger partial charge in [0.2, 0.25) is 0 Å². The van der Waals surface area contributed by atoms with E-state index in [1.54, 1.807) is 0 Å². The van der Waals surface area contributed by atoms with E-state index in [0.29, 0.717) is 22.0 Å². The molecule has 2 aromatic heterocycles. The van der Waals surface area contributed by atoms with Crippen molar-refractivity contribution in [1.29, 1.82) is 0 Å². The first kappa shape index (κ1) is 21.6. The molecule has 170 valence electrons. The maximum Gasteiger partial charge on any atom is 0.339 e. The van der Waals surface area contributed by atoms with Gasteiger partial charge in [-0.25, -0.2) is 4.79 Å². The summed E-state index contributed by atoms with van der Waals surface area (Å²) in [5.41, 5.74) is 9.99. The zero-order valence-corrected chi connectivity index (χ0v) is 19.2. The van der Waals surface area contributed by atoms with Gasteiger partial charge in [0.25, 0.3) is 11.8 Å². The summed E-state index contributed by atoms with van der Waals surface area (Å²) in [5, 5.41) is 3.90. The number of aryl methyl sites for hydroxylation is 2. The summed E-state index contributed by atoms with van der Waals surface area (Å²) in [6.07, 6.45) is 5.25. The fourth-order valence-electron chi connectivity index (χ4n) is 4.91. The van der Waals surface area contributed by atoms with E-state index < -0.39 is 24.4 Å². The number of hydrogen-bond acceptors (Lipinski definition) is 6. The van der Waals surface area contributed by atoms with Crippen LogP contribution in [0.5, 0.6) is 0 Å². The number of primary amides is 1. The highest BCUT2D eigenvalue weighted by Crippen LogP contribution is 2.39. The van der Waals surface area contributed by atoms with E-state index in [0.717, 1.165) is 71.1 Å². The number of anilines is 1. The molecule has 2 amide bonds. The number of aromatic nitrogens is 1. The lowest BCUT2D eigenvalue weighted by Gasteiger charge is -2.24. The van der Waals surface area contributed by atoms with Gasteiger partial charge in [-0.2, -0.15) is 0 Å². The minimum atomic E-state index is -0.550. The van der Waals surface area contributed by atoms with Crippen LogP contribution in [0, 0.1) is 5.92 Å². The number of para-hydroxylation sites is 1. The fourth-order valence-corrected chi connectivity index (χ4v) is 6.23. The van der Waals surface area contributed by atoms with Crippen LogP contribution in [0.3, 0.4) is 0 Å². The molecule has 0 spiro atoms. The Morgan fingerprint density at radius 2 is 1.97 bits per heavy atom. The van der Waals surface area contributed by atoms with Crippen LogP contribution in [0.1, 0.15) is 62.2 Å². The molecular formula is C25H25N3O4S. The van der Waals surface area contributed by atoms with Crippen molar-refractivity contribution in [3.05, 3.63) is 57.1 Å². The number of hydrogen-bond donors (Lipinski definition) is 2. The van der Waals surface area contributed by atoms with Crippen LogP contribution in [0.25, 0.3) is 10.9 Å². The van der Waals surface area contributed by atoms with E-state index >= 15 is 0 Å². The second kappa shape index (κ2) is 8.59. The number of carbonyl (C=O) groups is 3. The van der Waals surface area contributed by atoms with Gasteiger partial charge in [-0.05, 0) is 61.6 Å². The lowest BCUT2D eigenvalue weighted by Crippen LogP contribution is -2.24. The first-order chi connectivity index (χ1) is 15.9. The molecule has 0 bridgehead atoms. The summed E-state index contributed by atoms with van der Waals surface area (Å²) in [6.45, 7) is 1.72. The van der Waals surface area contributed by atoms with Crippen LogP contribution in [0.2, 0.25) is 0 Å². The van der Waals surface area contributed by atoms with E-state index in [4.69, 9.17) is 15.5 Å². The molecule has 8 heteroatoms. The summed E-state index contributed by atoms with van der Waals surface area (Å²) < 4.78 is 5.46. The number of amides is 2. The van der Waals surface area contributed by atoms with Crippen molar-refractivity contribution in [2.75, 3.05) is 11.9 Å². The van der Waals surface area contributed by atoms with Crippen LogP contribution in [-0.4, -0.2) is 29.4 Å². The molecule has 0 aliphatic heterocycles. The summed E-state index contributed by atoms with van der Waals surface area (Å²) in [4.78, 5) is 43.6. The van der Waals surface area contributed by atoms with Crippen LogP contribution in [-0.2, 0) is 35.2 Å². The molecule has 0 fully saturated rings. The molecule has 2 aliphatic carbocycles. The van der Waals surface area contributed by atoms with Gasteiger partial charge < -0.3 is 15.8 Å². The molecule has 1 aromatic carbocycles. The second-order valence-electron chi connectivity index (χ2n) is 8.83. The lowest BCUT2D eigenvalue weighted by molar-refractivity contribution is -0.119. The average molecular weight is 464 g/mol. The topological polar surface area (TPSA) is 111 Å². The van der Waals surface area contributed by atoms with E-state index in [1.807, 2.05) is 24.3 Å². The van der Waals surface area contributed by atoms with E-state index in [1.165, 1.54) is 11.3 Å². The van der Waals surface area contributed by atoms with Crippen LogP contribution in [0.15, 0.2) is 24.3 Å².